The number of carbonyl (C=O) groups excluding carboxylic acids is 1. The van der Waals surface area contributed by atoms with E-state index in [1.165, 1.54) is 13.2 Å². The lowest BCUT2D eigenvalue weighted by Crippen LogP contribution is -2.07. The molecule has 15 heavy (non-hydrogen) atoms. The van der Waals surface area contributed by atoms with Gasteiger partial charge >= 0.3 is 5.97 Å². The molecule has 1 aromatic carbocycles. The summed E-state index contributed by atoms with van der Waals surface area (Å²) in [5, 5.41) is 0. The summed E-state index contributed by atoms with van der Waals surface area (Å²) in [4.78, 5) is 10.9. The third kappa shape index (κ3) is 2.75. The average molecular weight is 344 g/mol. The van der Waals surface area contributed by atoms with Crippen molar-refractivity contribution in [2.75, 3.05) is 7.11 Å². The van der Waals surface area contributed by atoms with Crippen molar-refractivity contribution in [1.29, 1.82) is 0 Å². The number of halogens is 4. The summed E-state index contributed by atoms with van der Waals surface area (Å²) in [7, 11) is 1.20. The Hall–Kier alpha value is -0.490. The minimum absolute atomic E-state index is 0.0713. The zero-order valence-corrected chi connectivity index (χ0v) is 10.8. The predicted molar refractivity (Wildman–Crippen MR) is 57.5 cm³/mol. The Labute approximate surface area is 102 Å². The number of rotatable bonds is 2. The molecule has 0 spiro atoms. The maximum atomic E-state index is 13.4. The Kier molecular flexibility index (Phi) is 4.21. The lowest BCUT2D eigenvalue weighted by molar-refractivity contribution is -0.139. The van der Waals surface area contributed by atoms with E-state index in [0.717, 1.165) is 0 Å². The molecule has 0 heterocycles. The van der Waals surface area contributed by atoms with Gasteiger partial charge in [0.1, 0.15) is 5.82 Å². The molecule has 0 radical (unpaired) electrons. The van der Waals surface area contributed by atoms with Gasteiger partial charge in [-0.05, 0) is 37.9 Å². The van der Waals surface area contributed by atoms with E-state index in [9.17, 15) is 13.6 Å². The third-order valence-corrected chi connectivity index (χ3v) is 3.01. The molecule has 0 atom stereocenters. The number of methoxy groups -OCH3 is 1. The van der Waals surface area contributed by atoms with Crippen LogP contribution in [-0.4, -0.2) is 13.1 Å². The smallest absolute Gasteiger partial charge is 0.310 e. The summed E-state index contributed by atoms with van der Waals surface area (Å²) in [5.41, 5.74) is 0.0713. The van der Waals surface area contributed by atoms with Crippen molar-refractivity contribution >= 4 is 37.8 Å². The summed E-state index contributed by atoms with van der Waals surface area (Å²) in [6, 6.07) is 1.21. The quantitative estimate of drug-likeness (QED) is 0.468. The largest absolute Gasteiger partial charge is 0.469 e. The van der Waals surface area contributed by atoms with Crippen LogP contribution in [0.2, 0.25) is 0 Å². The monoisotopic (exact) mass is 342 g/mol. The van der Waals surface area contributed by atoms with Crippen LogP contribution in [0.4, 0.5) is 8.78 Å². The van der Waals surface area contributed by atoms with E-state index in [4.69, 9.17) is 0 Å². The van der Waals surface area contributed by atoms with Crippen LogP contribution in [-0.2, 0) is 16.0 Å². The molecule has 0 aliphatic rings. The molecule has 0 N–H and O–H groups in total. The van der Waals surface area contributed by atoms with Gasteiger partial charge in [0.15, 0.2) is 5.82 Å². The zero-order valence-electron chi connectivity index (χ0n) is 7.61. The predicted octanol–water partition coefficient (Wildman–Crippen LogP) is 3.21. The number of benzene rings is 1. The molecule has 0 unspecified atom stereocenters. The second kappa shape index (κ2) is 5.03. The Bertz CT molecular complexity index is 408. The van der Waals surface area contributed by atoms with Gasteiger partial charge < -0.3 is 4.74 Å². The summed E-state index contributed by atoms with van der Waals surface area (Å²) in [6.45, 7) is 0. The molecule has 0 amide bonds. The summed E-state index contributed by atoms with van der Waals surface area (Å²) < 4.78 is 30.8. The Balaban J connectivity index is 3.15. The first-order valence-electron chi connectivity index (χ1n) is 3.86. The lowest BCUT2D eigenvalue weighted by atomic mass is 10.1. The highest BCUT2D eigenvalue weighted by Crippen LogP contribution is 2.29. The second-order valence-electron chi connectivity index (χ2n) is 2.71. The fraction of sp³-hybridized carbons (Fsp3) is 0.222. The van der Waals surface area contributed by atoms with E-state index in [-0.39, 0.29) is 20.9 Å². The summed E-state index contributed by atoms with van der Waals surface area (Å²) >= 11 is 5.68. The van der Waals surface area contributed by atoms with Crippen molar-refractivity contribution < 1.29 is 18.3 Å². The standard InChI is InChI=1S/C9H6Br2F2O2/c1-15-6(14)3-4-2-5(10)9(13)7(11)8(4)12/h2H,3H2,1H3. The van der Waals surface area contributed by atoms with Gasteiger partial charge in [0.25, 0.3) is 0 Å². The molecule has 0 aliphatic carbocycles. The van der Waals surface area contributed by atoms with Crippen LogP contribution in [0, 0.1) is 11.6 Å². The van der Waals surface area contributed by atoms with Gasteiger partial charge in [-0.2, -0.15) is 0 Å². The van der Waals surface area contributed by atoms with Crippen molar-refractivity contribution in [2.45, 2.75) is 6.42 Å². The van der Waals surface area contributed by atoms with E-state index in [1.807, 2.05) is 0 Å². The molecular weight excluding hydrogens is 338 g/mol. The minimum atomic E-state index is -0.791. The molecule has 0 aliphatic heterocycles. The van der Waals surface area contributed by atoms with Gasteiger partial charge in [0.2, 0.25) is 0 Å². The van der Waals surface area contributed by atoms with Gasteiger partial charge in [-0.3, -0.25) is 4.79 Å². The van der Waals surface area contributed by atoms with Crippen molar-refractivity contribution in [1.82, 2.24) is 0 Å². The van der Waals surface area contributed by atoms with Crippen molar-refractivity contribution in [3.8, 4) is 0 Å². The molecule has 0 fully saturated rings. The average Bonchev–Trinajstić information content (AvgIpc) is 2.22. The SMILES string of the molecule is COC(=O)Cc1cc(Br)c(F)c(Br)c1F. The molecule has 82 valence electrons. The molecule has 1 rings (SSSR count). The van der Waals surface area contributed by atoms with E-state index in [1.54, 1.807) is 0 Å². The topological polar surface area (TPSA) is 26.3 Å². The molecule has 1 aromatic rings. The fourth-order valence-electron chi connectivity index (χ4n) is 0.978. The van der Waals surface area contributed by atoms with Crippen LogP contribution < -0.4 is 0 Å². The van der Waals surface area contributed by atoms with Crippen molar-refractivity contribution in [3.63, 3.8) is 0 Å². The first-order chi connectivity index (χ1) is 6.97. The zero-order chi connectivity index (χ0) is 11.6. The minimum Gasteiger partial charge on any atom is -0.469 e. The van der Waals surface area contributed by atoms with Crippen LogP contribution in [0.15, 0.2) is 15.0 Å². The lowest BCUT2D eigenvalue weighted by Gasteiger charge is -2.06. The van der Waals surface area contributed by atoms with E-state index in [0.29, 0.717) is 0 Å². The van der Waals surface area contributed by atoms with Crippen LogP contribution in [0.3, 0.4) is 0 Å². The number of esters is 1. The summed E-state index contributed by atoms with van der Waals surface area (Å²) in [5.74, 6) is -2.11. The van der Waals surface area contributed by atoms with Crippen molar-refractivity contribution in [3.05, 3.63) is 32.2 Å². The fourth-order valence-corrected chi connectivity index (χ4v) is 2.19. The molecule has 0 saturated carbocycles. The molecule has 0 bridgehead atoms. The normalized spacial score (nSPS) is 10.2. The highest BCUT2D eigenvalue weighted by Gasteiger charge is 2.17. The van der Waals surface area contributed by atoms with Gasteiger partial charge in [-0.1, -0.05) is 0 Å². The first-order valence-corrected chi connectivity index (χ1v) is 5.44. The van der Waals surface area contributed by atoms with Crippen LogP contribution in [0.1, 0.15) is 5.56 Å². The molecule has 2 nitrogen and oxygen atoms in total. The number of hydrogen-bond donors (Lipinski definition) is 0. The number of carbonyl (C=O) groups is 1. The van der Waals surface area contributed by atoms with Gasteiger partial charge in [0, 0.05) is 5.56 Å². The molecule has 0 saturated heterocycles. The van der Waals surface area contributed by atoms with Crippen LogP contribution in [0.5, 0.6) is 0 Å². The van der Waals surface area contributed by atoms with Crippen LogP contribution in [0.25, 0.3) is 0 Å². The highest BCUT2D eigenvalue weighted by atomic mass is 79.9. The van der Waals surface area contributed by atoms with E-state index < -0.39 is 17.6 Å². The third-order valence-electron chi connectivity index (χ3n) is 1.74. The molecule has 6 heteroatoms. The molecule has 0 aromatic heterocycles. The number of hydrogen-bond acceptors (Lipinski definition) is 2. The number of ether oxygens (including phenoxy) is 1. The van der Waals surface area contributed by atoms with Crippen LogP contribution >= 0.6 is 31.9 Å². The Morgan fingerprint density at radius 3 is 2.53 bits per heavy atom. The Morgan fingerprint density at radius 1 is 1.40 bits per heavy atom. The Morgan fingerprint density at radius 2 is 2.00 bits per heavy atom. The maximum Gasteiger partial charge on any atom is 0.310 e. The highest BCUT2D eigenvalue weighted by molar-refractivity contribution is 9.11. The van der Waals surface area contributed by atoms with Gasteiger partial charge in [0.05, 0.1) is 22.5 Å². The van der Waals surface area contributed by atoms with E-state index in [2.05, 4.69) is 36.6 Å². The molecular formula is C9H6Br2F2O2. The van der Waals surface area contributed by atoms with Gasteiger partial charge in [-0.15, -0.1) is 0 Å². The first kappa shape index (κ1) is 12.6. The second-order valence-corrected chi connectivity index (χ2v) is 4.36. The summed E-state index contributed by atoms with van der Waals surface area (Å²) in [6.07, 6.45) is -0.236. The van der Waals surface area contributed by atoms with Gasteiger partial charge in [-0.25, -0.2) is 8.78 Å². The maximum absolute atomic E-state index is 13.4. The van der Waals surface area contributed by atoms with E-state index >= 15 is 0 Å². The van der Waals surface area contributed by atoms with Crippen molar-refractivity contribution in [2.24, 2.45) is 0 Å².